The van der Waals surface area contributed by atoms with Crippen molar-refractivity contribution in [2.45, 2.75) is 23.7 Å². The summed E-state index contributed by atoms with van der Waals surface area (Å²) in [6.07, 6.45) is 2.97. The van der Waals surface area contributed by atoms with Gasteiger partial charge in [-0.15, -0.1) is 0 Å². The molecule has 31 heavy (non-hydrogen) atoms. The van der Waals surface area contributed by atoms with Crippen LogP contribution in [0.5, 0.6) is 0 Å². The van der Waals surface area contributed by atoms with Gasteiger partial charge in [0, 0.05) is 5.92 Å². The lowest BCUT2D eigenvalue weighted by Gasteiger charge is -2.23. The Hall–Kier alpha value is -3.66. The number of sulfonamides is 1. The van der Waals surface area contributed by atoms with Crippen LogP contribution in [-0.2, 0) is 14.8 Å². The first-order valence-corrected chi connectivity index (χ1v) is 10.9. The number of aromatic nitrogens is 2. The van der Waals surface area contributed by atoms with Gasteiger partial charge in [-0.1, -0.05) is 24.3 Å². The van der Waals surface area contributed by atoms with Crippen molar-refractivity contribution in [1.82, 2.24) is 9.78 Å². The quantitative estimate of drug-likeness (QED) is 0.550. The standard InChI is InChI=1S/C21H19N3O6S/c25-19(26)13-23(31(29,30)17-7-2-1-3-8-17)15-5-4-6-16(11-15)24-20(14-9-10-14)18(12-22-24)21(27)28/h1-8,11-12,14H,9-10,13H2,(H,25,26)(H,27,28). The number of benzene rings is 2. The van der Waals surface area contributed by atoms with Crippen LogP contribution in [0.15, 0.2) is 65.7 Å². The van der Waals surface area contributed by atoms with E-state index in [2.05, 4.69) is 5.10 Å². The van der Waals surface area contributed by atoms with Crippen LogP contribution in [-0.4, -0.2) is 46.9 Å². The molecule has 1 aromatic heterocycles. The summed E-state index contributed by atoms with van der Waals surface area (Å²) >= 11 is 0. The van der Waals surface area contributed by atoms with Gasteiger partial charge in [-0.25, -0.2) is 17.9 Å². The molecule has 0 spiro atoms. The molecule has 1 saturated carbocycles. The molecule has 160 valence electrons. The molecule has 0 aliphatic heterocycles. The molecule has 1 aliphatic carbocycles. The molecule has 0 amide bonds. The topological polar surface area (TPSA) is 130 Å². The van der Waals surface area contributed by atoms with Crippen molar-refractivity contribution < 1.29 is 28.2 Å². The fraction of sp³-hybridized carbons (Fsp3) is 0.190. The van der Waals surface area contributed by atoms with Crippen LogP contribution in [0.1, 0.15) is 34.8 Å². The summed E-state index contributed by atoms with van der Waals surface area (Å²) in [7, 11) is -4.14. The van der Waals surface area contributed by atoms with Crippen molar-refractivity contribution in [3.8, 4) is 5.69 Å². The maximum atomic E-state index is 13.2. The number of hydrogen-bond donors (Lipinski definition) is 2. The number of carboxylic acids is 2. The molecule has 1 aliphatic rings. The molecule has 2 aromatic carbocycles. The minimum absolute atomic E-state index is 0.0347. The highest BCUT2D eigenvalue weighted by molar-refractivity contribution is 7.92. The Labute approximate surface area is 178 Å². The third-order valence-electron chi connectivity index (χ3n) is 4.97. The van der Waals surface area contributed by atoms with E-state index in [-0.39, 0.29) is 22.1 Å². The number of rotatable bonds is 8. The predicted octanol–water partition coefficient (Wildman–Crippen LogP) is 2.73. The Balaban J connectivity index is 1.81. The van der Waals surface area contributed by atoms with Gasteiger partial charge in [-0.2, -0.15) is 5.10 Å². The van der Waals surface area contributed by atoms with Crippen LogP contribution >= 0.6 is 0 Å². The van der Waals surface area contributed by atoms with E-state index in [1.54, 1.807) is 30.3 Å². The third kappa shape index (κ3) is 4.02. The fourth-order valence-electron chi connectivity index (χ4n) is 3.42. The minimum atomic E-state index is -4.14. The Morgan fingerprint density at radius 1 is 1.06 bits per heavy atom. The number of nitrogens with zero attached hydrogens (tertiary/aromatic N) is 3. The summed E-state index contributed by atoms with van der Waals surface area (Å²) in [6, 6.07) is 13.8. The van der Waals surface area contributed by atoms with Crippen LogP contribution in [0.2, 0.25) is 0 Å². The molecule has 1 heterocycles. The normalized spacial score (nSPS) is 13.7. The van der Waals surface area contributed by atoms with E-state index in [9.17, 15) is 28.2 Å². The summed E-state index contributed by atoms with van der Waals surface area (Å²) in [5.41, 5.74) is 1.25. The van der Waals surface area contributed by atoms with Gasteiger partial charge >= 0.3 is 11.9 Å². The molecule has 0 radical (unpaired) electrons. The zero-order valence-electron chi connectivity index (χ0n) is 16.2. The zero-order valence-corrected chi connectivity index (χ0v) is 17.1. The van der Waals surface area contributed by atoms with Gasteiger partial charge in [-0.05, 0) is 43.2 Å². The molecule has 2 N–H and O–H groups in total. The second-order valence-corrected chi connectivity index (χ2v) is 9.04. The number of carbonyl (C=O) groups is 2. The van der Waals surface area contributed by atoms with E-state index in [0.717, 1.165) is 17.1 Å². The molecule has 3 aromatic rings. The smallest absolute Gasteiger partial charge is 0.339 e. The van der Waals surface area contributed by atoms with E-state index >= 15 is 0 Å². The summed E-state index contributed by atoms with van der Waals surface area (Å²) in [6.45, 7) is -0.768. The average Bonchev–Trinajstić information content (AvgIpc) is 3.49. The van der Waals surface area contributed by atoms with Crippen LogP contribution < -0.4 is 4.31 Å². The van der Waals surface area contributed by atoms with Crippen LogP contribution in [0.4, 0.5) is 5.69 Å². The molecule has 1 fully saturated rings. The van der Waals surface area contributed by atoms with Crippen molar-refractivity contribution in [2.24, 2.45) is 0 Å². The summed E-state index contributed by atoms with van der Waals surface area (Å²) in [4.78, 5) is 23.0. The van der Waals surface area contributed by atoms with E-state index in [1.807, 2.05) is 0 Å². The second-order valence-electron chi connectivity index (χ2n) is 7.17. The molecule has 0 saturated heterocycles. The lowest BCUT2D eigenvalue weighted by atomic mass is 10.1. The van der Waals surface area contributed by atoms with Gasteiger partial charge in [0.1, 0.15) is 12.1 Å². The molecule has 0 bridgehead atoms. The van der Waals surface area contributed by atoms with Gasteiger partial charge in [0.2, 0.25) is 0 Å². The van der Waals surface area contributed by atoms with Crippen LogP contribution in [0, 0.1) is 0 Å². The van der Waals surface area contributed by atoms with Crippen molar-refractivity contribution in [1.29, 1.82) is 0 Å². The summed E-state index contributed by atoms with van der Waals surface area (Å²) in [5.74, 6) is -2.32. The fourth-order valence-corrected chi connectivity index (χ4v) is 4.84. The van der Waals surface area contributed by atoms with Gasteiger partial charge in [0.15, 0.2) is 0 Å². The lowest BCUT2D eigenvalue weighted by molar-refractivity contribution is -0.135. The highest BCUT2D eigenvalue weighted by Gasteiger charge is 2.33. The Morgan fingerprint density at radius 2 is 1.77 bits per heavy atom. The van der Waals surface area contributed by atoms with Crippen LogP contribution in [0.3, 0.4) is 0 Å². The van der Waals surface area contributed by atoms with E-state index in [4.69, 9.17) is 0 Å². The Kier molecular flexibility index (Phi) is 5.24. The second kappa shape index (κ2) is 7.88. The monoisotopic (exact) mass is 441 g/mol. The first-order valence-electron chi connectivity index (χ1n) is 9.50. The summed E-state index contributed by atoms with van der Waals surface area (Å²) < 4.78 is 28.6. The zero-order chi connectivity index (χ0) is 22.2. The van der Waals surface area contributed by atoms with Gasteiger partial charge in [0.25, 0.3) is 10.0 Å². The third-order valence-corrected chi connectivity index (χ3v) is 6.76. The van der Waals surface area contributed by atoms with E-state index in [0.29, 0.717) is 11.4 Å². The largest absolute Gasteiger partial charge is 0.480 e. The maximum absolute atomic E-state index is 13.2. The van der Waals surface area contributed by atoms with E-state index in [1.165, 1.54) is 35.1 Å². The number of anilines is 1. The van der Waals surface area contributed by atoms with Crippen molar-refractivity contribution in [3.63, 3.8) is 0 Å². The maximum Gasteiger partial charge on any atom is 0.339 e. The van der Waals surface area contributed by atoms with Gasteiger partial charge in [-0.3, -0.25) is 9.10 Å². The Morgan fingerprint density at radius 3 is 2.39 bits per heavy atom. The van der Waals surface area contributed by atoms with Crippen molar-refractivity contribution in [2.75, 3.05) is 10.8 Å². The van der Waals surface area contributed by atoms with Gasteiger partial charge < -0.3 is 10.2 Å². The highest BCUT2D eigenvalue weighted by atomic mass is 32.2. The first kappa shape index (κ1) is 20.6. The van der Waals surface area contributed by atoms with Gasteiger partial charge in [0.05, 0.1) is 28.2 Å². The molecule has 9 nitrogen and oxygen atoms in total. The molecule has 4 rings (SSSR count). The summed E-state index contributed by atoms with van der Waals surface area (Å²) in [5, 5.41) is 23.0. The molecule has 10 heteroatoms. The minimum Gasteiger partial charge on any atom is -0.480 e. The number of hydrogen-bond acceptors (Lipinski definition) is 5. The predicted molar refractivity (Wildman–Crippen MR) is 111 cm³/mol. The number of aromatic carboxylic acids is 1. The Bertz CT molecular complexity index is 1250. The van der Waals surface area contributed by atoms with E-state index < -0.39 is 28.5 Å². The molecular formula is C21H19N3O6S. The van der Waals surface area contributed by atoms with Crippen molar-refractivity contribution in [3.05, 3.63) is 72.1 Å². The molecular weight excluding hydrogens is 422 g/mol. The average molecular weight is 441 g/mol. The number of aliphatic carboxylic acids is 1. The SMILES string of the molecule is O=C(O)CN(c1cccc(-n2ncc(C(=O)O)c2C2CC2)c1)S(=O)(=O)c1ccccc1. The number of carboxylic acid groups (broad SMARTS) is 2. The van der Waals surface area contributed by atoms with Crippen molar-refractivity contribution >= 4 is 27.6 Å². The lowest BCUT2D eigenvalue weighted by Crippen LogP contribution is -2.35. The van der Waals surface area contributed by atoms with Crippen LogP contribution in [0.25, 0.3) is 5.69 Å². The first-order chi connectivity index (χ1) is 14.8. The molecule has 0 atom stereocenters. The highest BCUT2D eigenvalue weighted by Crippen LogP contribution is 2.42. The molecule has 0 unspecified atom stereocenters.